The quantitative estimate of drug-likeness (QED) is 0.755. The molecule has 2 aliphatic rings. The Kier molecular flexibility index (Phi) is 5.36. The molecule has 0 amide bonds. The molecule has 2 saturated carbocycles. The molecule has 0 unspecified atom stereocenters. The van der Waals surface area contributed by atoms with Crippen LogP contribution in [0.3, 0.4) is 0 Å². The van der Waals surface area contributed by atoms with E-state index < -0.39 is 0 Å². The van der Waals surface area contributed by atoms with Crippen molar-refractivity contribution in [3.8, 4) is 0 Å². The van der Waals surface area contributed by atoms with Gasteiger partial charge in [0.25, 0.3) is 0 Å². The minimum Gasteiger partial charge on any atom is -0.509 e. The van der Waals surface area contributed by atoms with Gasteiger partial charge in [0.2, 0.25) is 0 Å². The highest BCUT2D eigenvalue weighted by molar-refractivity contribution is 4.95. The molecule has 0 aromatic rings. The molecule has 0 heterocycles. The van der Waals surface area contributed by atoms with Gasteiger partial charge >= 0.3 is 0 Å². The van der Waals surface area contributed by atoms with E-state index in [1.165, 1.54) is 70.4 Å². The van der Waals surface area contributed by atoms with Crippen LogP contribution in [0.4, 0.5) is 0 Å². The van der Waals surface area contributed by atoms with Gasteiger partial charge in [-0.3, -0.25) is 4.90 Å². The number of hydrogen-bond acceptors (Lipinski definition) is 3. The van der Waals surface area contributed by atoms with Crippen molar-refractivity contribution >= 4 is 0 Å². The fourth-order valence-corrected chi connectivity index (χ4v) is 3.62. The molecule has 3 N–H and O–H groups in total. The number of aliphatic hydroxyl groups is 1. The fraction of sp³-hybridized carbons (Fsp3) is 0.867. The highest BCUT2D eigenvalue weighted by atomic mass is 16.3. The van der Waals surface area contributed by atoms with Crippen molar-refractivity contribution in [1.29, 1.82) is 0 Å². The van der Waals surface area contributed by atoms with Gasteiger partial charge in [0, 0.05) is 18.3 Å². The van der Waals surface area contributed by atoms with E-state index in [9.17, 15) is 5.11 Å². The Hall–Kier alpha value is -0.700. The zero-order valence-corrected chi connectivity index (χ0v) is 11.5. The molecular weight excluding hydrogens is 224 g/mol. The Morgan fingerprint density at radius 3 is 1.78 bits per heavy atom. The summed E-state index contributed by atoms with van der Waals surface area (Å²) >= 11 is 0. The number of aliphatic hydroxyl groups excluding tert-OH is 1. The normalized spacial score (nSPS) is 24.6. The lowest BCUT2D eigenvalue weighted by Gasteiger charge is -2.41. The summed E-state index contributed by atoms with van der Waals surface area (Å²) < 4.78 is 0. The predicted octanol–water partition coefficient (Wildman–Crippen LogP) is 3.31. The summed E-state index contributed by atoms with van der Waals surface area (Å²) in [5.41, 5.74) is 5.44. The summed E-state index contributed by atoms with van der Waals surface area (Å²) in [6.07, 6.45) is 14.7. The zero-order valence-electron chi connectivity index (χ0n) is 11.5. The van der Waals surface area contributed by atoms with E-state index in [1.807, 2.05) is 0 Å². The Balaban J connectivity index is 2.00. The first kappa shape index (κ1) is 13.7. The van der Waals surface area contributed by atoms with Crippen LogP contribution in [-0.4, -0.2) is 28.6 Å². The van der Waals surface area contributed by atoms with Gasteiger partial charge in [-0.05, 0) is 25.7 Å². The van der Waals surface area contributed by atoms with Crippen LogP contribution in [-0.2, 0) is 0 Å². The van der Waals surface area contributed by atoms with Crippen molar-refractivity contribution < 1.29 is 5.11 Å². The first-order valence-electron chi connectivity index (χ1n) is 7.66. The van der Waals surface area contributed by atoms with Gasteiger partial charge in [0.1, 0.15) is 5.76 Å². The average molecular weight is 252 g/mol. The summed E-state index contributed by atoms with van der Waals surface area (Å²) in [5, 5.41) is 9.78. The lowest BCUT2D eigenvalue weighted by Crippen LogP contribution is -2.46. The molecule has 2 aliphatic carbocycles. The fourth-order valence-electron chi connectivity index (χ4n) is 3.62. The molecule has 0 aliphatic heterocycles. The van der Waals surface area contributed by atoms with Crippen LogP contribution in [0.15, 0.2) is 12.0 Å². The maximum absolute atomic E-state index is 9.78. The molecule has 0 radical (unpaired) electrons. The third-order valence-electron chi connectivity index (χ3n) is 4.62. The molecule has 104 valence electrons. The lowest BCUT2D eigenvalue weighted by atomic mass is 9.88. The number of nitrogens with zero attached hydrogens (tertiary/aromatic N) is 1. The largest absolute Gasteiger partial charge is 0.509 e. The van der Waals surface area contributed by atoms with Gasteiger partial charge in [0.05, 0.1) is 6.54 Å². The first-order chi connectivity index (χ1) is 8.81. The van der Waals surface area contributed by atoms with E-state index in [0.29, 0.717) is 24.4 Å². The summed E-state index contributed by atoms with van der Waals surface area (Å²) in [7, 11) is 0. The van der Waals surface area contributed by atoms with Crippen molar-refractivity contribution in [2.75, 3.05) is 6.54 Å². The van der Waals surface area contributed by atoms with Gasteiger partial charge in [-0.1, -0.05) is 38.5 Å². The summed E-state index contributed by atoms with van der Waals surface area (Å²) in [6, 6.07) is 1.34. The van der Waals surface area contributed by atoms with Crippen molar-refractivity contribution in [2.45, 2.75) is 76.3 Å². The van der Waals surface area contributed by atoms with Gasteiger partial charge < -0.3 is 10.8 Å². The molecule has 0 spiro atoms. The molecule has 0 saturated heterocycles. The monoisotopic (exact) mass is 252 g/mol. The molecular formula is C15H28N2O. The highest BCUT2D eigenvalue weighted by Gasteiger charge is 2.29. The van der Waals surface area contributed by atoms with E-state index in [1.54, 1.807) is 0 Å². The minimum atomic E-state index is 0.339. The standard InChI is InChI=1S/C15H28N2O/c16-11-15(18)12-17(13-7-3-1-4-8-13)14-9-5-2-6-10-14/h11,13-14,18H,1-10,12,16H2/b15-11+. The van der Waals surface area contributed by atoms with Crippen molar-refractivity contribution in [1.82, 2.24) is 4.90 Å². The molecule has 2 fully saturated rings. The third-order valence-corrected chi connectivity index (χ3v) is 4.62. The topological polar surface area (TPSA) is 49.5 Å². The maximum Gasteiger partial charge on any atom is 0.122 e. The Labute approximate surface area is 111 Å². The number of rotatable bonds is 4. The van der Waals surface area contributed by atoms with E-state index in [0.717, 1.165) is 0 Å². The van der Waals surface area contributed by atoms with Crippen LogP contribution < -0.4 is 5.73 Å². The molecule has 0 aromatic heterocycles. The van der Waals surface area contributed by atoms with Crippen molar-refractivity contribution in [2.24, 2.45) is 5.73 Å². The third kappa shape index (κ3) is 3.64. The van der Waals surface area contributed by atoms with E-state index in [4.69, 9.17) is 5.73 Å². The van der Waals surface area contributed by atoms with Crippen molar-refractivity contribution in [3.63, 3.8) is 0 Å². The second-order valence-corrected chi connectivity index (χ2v) is 5.91. The van der Waals surface area contributed by atoms with Crippen LogP contribution in [0.25, 0.3) is 0 Å². The first-order valence-corrected chi connectivity index (χ1v) is 7.66. The second kappa shape index (κ2) is 7.03. The number of hydrogen-bond donors (Lipinski definition) is 2. The van der Waals surface area contributed by atoms with Crippen LogP contribution in [0.5, 0.6) is 0 Å². The SMILES string of the molecule is N/C=C(/O)CN(C1CCCCC1)C1CCCCC1. The molecule has 3 heteroatoms. The number of nitrogens with two attached hydrogens (primary N) is 1. The van der Waals surface area contributed by atoms with E-state index >= 15 is 0 Å². The second-order valence-electron chi connectivity index (χ2n) is 5.91. The Bertz CT molecular complexity index is 248. The minimum absolute atomic E-state index is 0.339. The Morgan fingerprint density at radius 1 is 0.944 bits per heavy atom. The van der Waals surface area contributed by atoms with Gasteiger partial charge in [-0.15, -0.1) is 0 Å². The van der Waals surface area contributed by atoms with Gasteiger partial charge in [-0.25, -0.2) is 0 Å². The highest BCUT2D eigenvalue weighted by Crippen LogP contribution is 2.30. The molecule has 0 bridgehead atoms. The van der Waals surface area contributed by atoms with Crippen LogP contribution >= 0.6 is 0 Å². The summed E-state index contributed by atoms with van der Waals surface area (Å²) in [4.78, 5) is 2.55. The molecule has 18 heavy (non-hydrogen) atoms. The lowest BCUT2D eigenvalue weighted by molar-refractivity contribution is 0.0793. The van der Waals surface area contributed by atoms with E-state index in [-0.39, 0.29) is 0 Å². The smallest absolute Gasteiger partial charge is 0.122 e. The summed E-state index contributed by atoms with van der Waals surface area (Å²) in [5.74, 6) is 0.339. The van der Waals surface area contributed by atoms with Crippen LogP contribution in [0.2, 0.25) is 0 Å². The van der Waals surface area contributed by atoms with Gasteiger partial charge in [-0.2, -0.15) is 0 Å². The summed E-state index contributed by atoms with van der Waals surface area (Å²) in [6.45, 7) is 0.659. The zero-order chi connectivity index (χ0) is 12.8. The molecule has 0 aromatic carbocycles. The van der Waals surface area contributed by atoms with Crippen LogP contribution in [0.1, 0.15) is 64.2 Å². The maximum atomic E-state index is 9.78. The van der Waals surface area contributed by atoms with Gasteiger partial charge in [0.15, 0.2) is 0 Å². The predicted molar refractivity (Wildman–Crippen MR) is 75.4 cm³/mol. The molecule has 2 rings (SSSR count). The molecule has 3 nitrogen and oxygen atoms in total. The molecule has 0 atom stereocenters. The average Bonchev–Trinajstić information content (AvgIpc) is 2.46. The Morgan fingerprint density at radius 2 is 1.39 bits per heavy atom. The van der Waals surface area contributed by atoms with Crippen molar-refractivity contribution in [3.05, 3.63) is 12.0 Å². The van der Waals surface area contributed by atoms with Crippen LogP contribution in [0, 0.1) is 0 Å². The van der Waals surface area contributed by atoms with E-state index in [2.05, 4.69) is 4.90 Å².